The van der Waals surface area contributed by atoms with Crippen LogP contribution in [0.2, 0.25) is 0 Å². The number of hydrogen-bond acceptors (Lipinski definition) is 4. The molecule has 1 saturated heterocycles. The van der Waals surface area contributed by atoms with Gasteiger partial charge in [0.05, 0.1) is 17.3 Å². The van der Waals surface area contributed by atoms with Crippen LogP contribution in [0.25, 0.3) is 5.69 Å². The molecule has 5 rings (SSSR count). The number of halogens is 3. The lowest BCUT2D eigenvalue weighted by Gasteiger charge is -2.28. The molecule has 3 aromatic rings. The number of hydrogen-bond donors (Lipinski definition) is 0. The third-order valence-electron chi connectivity index (χ3n) is 5.42. The van der Waals surface area contributed by atoms with Crippen LogP contribution >= 0.6 is 11.8 Å². The molecule has 0 spiro atoms. The monoisotopic (exact) mass is 428 g/mol. The SMILES string of the molecule is C[C@@H]1CN2C(=N[C@H](c3ccccn3)[C@H]2c2cccn2-c2cccc(C(F)(F)F)c2)S1. The molecular formula is C22H19F3N4S. The fourth-order valence-electron chi connectivity index (χ4n) is 4.14. The molecule has 0 N–H and O–H groups in total. The number of alkyl halides is 3. The van der Waals surface area contributed by atoms with Gasteiger partial charge < -0.3 is 9.47 Å². The number of rotatable bonds is 3. The minimum Gasteiger partial charge on any atom is -0.339 e. The van der Waals surface area contributed by atoms with E-state index in [1.54, 1.807) is 24.0 Å². The first-order chi connectivity index (χ1) is 14.4. The molecule has 4 heterocycles. The summed E-state index contributed by atoms with van der Waals surface area (Å²) in [4.78, 5) is 11.7. The number of pyridine rings is 1. The number of amidine groups is 1. The maximum absolute atomic E-state index is 13.3. The summed E-state index contributed by atoms with van der Waals surface area (Å²) in [6.07, 6.45) is -0.826. The van der Waals surface area contributed by atoms with Gasteiger partial charge in [-0.2, -0.15) is 13.2 Å². The highest BCUT2D eigenvalue weighted by molar-refractivity contribution is 8.14. The highest BCUT2D eigenvalue weighted by atomic mass is 32.2. The van der Waals surface area contributed by atoms with Crippen LogP contribution in [-0.2, 0) is 6.18 Å². The van der Waals surface area contributed by atoms with Gasteiger partial charge in [0.25, 0.3) is 0 Å². The average molecular weight is 428 g/mol. The highest BCUT2D eigenvalue weighted by Gasteiger charge is 2.44. The summed E-state index contributed by atoms with van der Waals surface area (Å²) < 4.78 is 41.6. The summed E-state index contributed by atoms with van der Waals surface area (Å²) in [7, 11) is 0. The van der Waals surface area contributed by atoms with Gasteiger partial charge in [0, 0.05) is 35.6 Å². The molecular weight excluding hydrogens is 409 g/mol. The van der Waals surface area contributed by atoms with Crippen molar-refractivity contribution < 1.29 is 13.2 Å². The zero-order valence-corrected chi connectivity index (χ0v) is 16.9. The largest absolute Gasteiger partial charge is 0.416 e. The Labute approximate surface area is 176 Å². The molecule has 0 saturated carbocycles. The average Bonchev–Trinajstić information content (AvgIpc) is 3.42. The van der Waals surface area contributed by atoms with Gasteiger partial charge in [0.2, 0.25) is 0 Å². The molecule has 0 radical (unpaired) electrons. The summed E-state index contributed by atoms with van der Waals surface area (Å²) in [6.45, 7) is 3.00. The van der Waals surface area contributed by atoms with Gasteiger partial charge in [0.15, 0.2) is 5.17 Å². The predicted molar refractivity (Wildman–Crippen MR) is 112 cm³/mol. The number of thioether (sulfide) groups is 1. The summed E-state index contributed by atoms with van der Waals surface area (Å²) in [5, 5.41) is 1.38. The van der Waals surface area contributed by atoms with Crippen LogP contribution in [-0.4, -0.2) is 31.4 Å². The van der Waals surface area contributed by atoms with Crippen molar-refractivity contribution in [2.75, 3.05) is 6.54 Å². The molecule has 3 atom stereocenters. The van der Waals surface area contributed by atoms with Gasteiger partial charge in [0.1, 0.15) is 6.04 Å². The highest BCUT2D eigenvalue weighted by Crippen LogP contribution is 2.48. The lowest BCUT2D eigenvalue weighted by molar-refractivity contribution is -0.137. The molecule has 1 aromatic carbocycles. The third-order valence-corrected chi connectivity index (χ3v) is 6.52. The number of aromatic nitrogens is 2. The Morgan fingerprint density at radius 3 is 2.70 bits per heavy atom. The van der Waals surface area contributed by atoms with Crippen LogP contribution in [0.1, 0.15) is 36.0 Å². The Bertz CT molecular complexity index is 1090. The Balaban J connectivity index is 1.60. The second-order valence-electron chi connectivity index (χ2n) is 7.49. The van der Waals surface area contributed by atoms with Crippen LogP contribution in [0.4, 0.5) is 13.2 Å². The zero-order chi connectivity index (χ0) is 20.9. The molecule has 4 nitrogen and oxygen atoms in total. The van der Waals surface area contributed by atoms with Gasteiger partial charge in [-0.15, -0.1) is 0 Å². The van der Waals surface area contributed by atoms with Gasteiger partial charge in [-0.05, 0) is 42.5 Å². The molecule has 2 aliphatic rings. The van der Waals surface area contributed by atoms with E-state index in [9.17, 15) is 13.2 Å². The Morgan fingerprint density at radius 1 is 1.07 bits per heavy atom. The lowest BCUT2D eigenvalue weighted by Crippen LogP contribution is -2.30. The number of fused-ring (bicyclic) bond motifs is 1. The fourth-order valence-corrected chi connectivity index (χ4v) is 5.23. The molecule has 0 amide bonds. The van der Waals surface area contributed by atoms with Crippen molar-refractivity contribution in [3.63, 3.8) is 0 Å². The quantitative estimate of drug-likeness (QED) is 0.554. The summed E-state index contributed by atoms with van der Waals surface area (Å²) in [5.41, 5.74) is 1.58. The van der Waals surface area contributed by atoms with Crippen molar-refractivity contribution in [1.29, 1.82) is 0 Å². The number of nitrogens with zero attached hydrogens (tertiary/aromatic N) is 4. The van der Waals surface area contributed by atoms with E-state index in [0.29, 0.717) is 10.9 Å². The van der Waals surface area contributed by atoms with Crippen LogP contribution in [0.5, 0.6) is 0 Å². The molecule has 154 valence electrons. The molecule has 2 aromatic heterocycles. The van der Waals surface area contributed by atoms with Crippen molar-refractivity contribution in [2.24, 2.45) is 4.99 Å². The maximum Gasteiger partial charge on any atom is 0.416 e. The third kappa shape index (κ3) is 3.29. The van der Waals surface area contributed by atoms with Crippen LogP contribution in [0.15, 0.2) is 72.0 Å². The van der Waals surface area contributed by atoms with Gasteiger partial charge in [-0.1, -0.05) is 30.8 Å². The Morgan fingerprint density at radius 2 is 1.93 bits per heavy atom. The van der Waals surface area contributed by atoms with E-state index in [1.807, 2.05) is 41.1 Å². The number of benzene rings is 1. The van der Waals surface area contributed by atoms with E-state index in [1.165, 1.54) is 12.1 Å². The number of aliphatic imine (C=N–C) groups is 1. The van der Waals surface area contributed by atoms with E-state index >= 15 is 0 Å². The van der Waals surface area contributed by atoms with Gasteiger partial charge in [-0.3, -0.25) is 9.98 Å². The fraction of sp³-hybridized carbons (Fsp3) is 0.273. The van der Waals surface area contributed by atoms with Crippen molar-refractivity contribution >= 4 is 16.9 Å². The minimum atomic E-state index is -4.38. The topological polar surface area (TPSA) is 33.4 Å². The first-order valence-corrected chi connectivity index (χ1v) is 10.6. The second kappa shape index (κ2) is 7.19. The molecule has 0 aliphatic carbocycles. The molecule has 0 bridgehead atoms. The van der Waals surface area contributed by atoms with Crippen LogP contribution in [0, 0.1) is 0 Å². The zero-order valence-electron chi connectivity index (χ0n) is 16.1. The minimum absolute atomic E-state index is 0.128. The van der Waals surface area contributed by atoms with Crippen LogP contribution < -0.4 is 0 Å². The normalized spacial score (nSPS) is 23.5. The standard InChI is InChI=1S/C22H19F3N4S/c1-14-13-29-20(19(27-21(29)30-14)17-8-2-3-10-26-17)18-9-5-11-28(18)16-7-4-6-15(12-16)22(23,24)25/h2-12,14,19-20H,13H2,1H3/t14-,19-,20-/m1/s1. The smallest absolute Gasteiger partial charge is 0.339 e. The van der Waals surface area contributed by atoms with E-state index < -0.39 is 11.7 Å². The molecule has 30 heavy (non-hydrogen) atoms. The summed E-state index contributed by atoms with van der Waals surface area (Å²) >= 11 is 1.73. The molecule has 2 aliphatic heterocycles. The lowest BCUT2D eigenvalue weighted by atomic mass is 10.0. The van der Waals surface area contributed by atoms with Gasteiger partial charge >= 0.3 is 6.18 Å². The van der Waals surface area contributed by atoms with Crippen molar-refractivity contribution in [2.45, 2.75) is 30.4 Å². The Hall–Kier alpha value is -2.74. The summed E-state index contributed by atoms with van der Waals surface area (Å²) in [5.74, 6) is 0. The van der Waals surface area contributed by atoms with Crippen molar-refractivity contribution in [1.82, 2.24) is 14.5 Å². The molecule has 1 fully saturated rings. The van der Waals surface area contributed by atoms with Gasteiger partial charge in [-0.25, -0.2) is 0 Å². The van der Waals surface area contributed by atoms with E-state index in [2.05, 4.69) is 16.8 Å². The van der Waals surface area contributed by atoms with Crippen LogP contribution in [0.3, 0.4) is 0 Å². The molecule has 8 heteroatoms. The van der Waals surface area contributed by atoms with E-state index in [4.69, 9.17) is 4.99 Å². The first-order valence-electron chi connectivity index (χ1n) is 9.69. The summed E-state index contributed by atoms with van der Waals surface area (Å²) in [6, 6.07) is 14.7. The second-order valence-corrected chi connectivity index (χ2v) is 8.89. The predicted octanol–water partition coefficient (Wildman–Crippen LogP) is 5.48. The van der Waals surface area contributed by atoms with Crippen molar-refractivity contribution in [3.05, 3.63) is 83.9 Å². The molecule has 0 unspecified atom stereocenters. The van der Waals surface area contributed by atoms with E-state index in [-0.39, 0.29) is 12.1 Å². The maximum atomic E-state index is 13.3. The Kier molecular flexibility index (Phi) is 4.61. The van der Waals surface area contributed by atoms with E-state index in [0.717, 1.165) is 29.2 Å². The first kappa shape index (κ1) is 19.2. The van der Waals surface area contributed by atoms with Crippen molar-refractivity contribution in [3.8, 4) is 5.69 Å².